The number of hydrogen-bond acceptors (Lipinski definition) is 6. The number of esters is 1. The number of ketones is 2. The van der Waals surface area contributed by atoms with E-state index in [4.69, 9.17) is 4.74 Å². The first-order chi connectivity index (χ1) is 22.1. The summed E-state index contributed by atoms with van der Waals surface area (Å²) in [5.41, 5.74) is 1.67. The van der Waals surface area contributed by atoms with Gasteiger partial charge in [-0.3, -0.25) is 14.4 Å². The third-order valence-electron chi connectivity index (χ3n) is 13.9. The van der Waals surface area contributed by atoms with Crippen LogP contribution in [-0.4, -0.2) is 46.1 Å². The molecular formula is C40H64O6. The number of unbranched alkanes of at least 4 members (excludes halogenated alkanes) is 6. The van der Waals surface area contributed by atoms with Crippen molar-refractivity contribution in [3.63, 3.8) is 0 Å². The molecule has 5 rings (SSSR count). The van der Waals surface area contributed by atoms with Crippen molar-refractivity contribution in [2.75, 3.05) is 0 Å². The van der Waals surface area contributed by atoms with Gasteiger partial charge in [0.15, 0.2) is 5.78 Å². The molecule has 9 unspecified atom stereocenters. The average molecular weight is 641 g/mol. The highest BCUT2D eigenvalue weighted by Crippen LogP contribution is 2.65. The molecule has 0 aromatic rings. The lowest BCUT2D eigenvalue weighted by Crippen LogP contribution is -2.51. The summed E-state index contributed by atoms with van der Waals surface area (Å²) in [4.78, 5) is 37.7. The Balaban J connectivity index is 0.985. The summed E-state index contributed by atoms with van der Waals surface area (Å²) < 4.78 is 6.23. The molecule has 0 aliphatic heterocycles. The van der Waals surface area contributed by atoms with Gasteiger partial charge in [0, 0.05) is 30.6 Å². The summed E-state index contributed by atoms with van der Waals surface area (Å²) >= 11 is 0. The van der Waals surface area contributed by atoms with Crippen LogP contribution in [0, 0.1) is 40.4 Å². The molecule has 0 bridgehead atoms. The van der Waals surface area contributed by atoms with Crippen LogP contribution in [0.15, 0.2) is 11.6 Å². The first-order valence-electron chi connectivity index (χ1n) is 19.4. The van der Waals surface area contributed by atoms with Crippen LogP contribution < -0.4 is 0 Å². The van der Waals surface area contributed by atoms with Gasteiger partial charge in [0.05, 0.1) is 12.2 Å². The standard InChI is InChI=1S/C40H64O6/c1-4-5-9-12-28(41)16-18-31-30(35(43)26-36(31)44)13-10-7-6-8-11-14-38(45)46-37-20-19-33-32-17-15-27-25-29(42)21-23-39(27,2)34(32)22-24-40(33,37)3/h25,28,30-34,36-37,41,44H,4-24,26H2,1-3H3/t28?,30-,31?,32?,33?,34?,36?,37?,39?,40?/m1/s1. The summed E-state index contributed by atoms with van der Waals surface area (Å²) in [5, 5.41) is 20.9. The molecule has 0 heterocycles. The molecule has 260 valence electrons. The minimum atomic E-state index is -0.557. The number of aliphatic hydroxyl groups excluding tert-OH is 2. The molecule has 10 atom stereocenters. The minimum Gasteiger partial charge on any atom is -0.462 e. The van der Waals surface area contributed by atoms with Gasteiger partial charge in [-0.05, 0) is 112 Å². The maximum Gasteiger partial charge on any atom is 0.306 e. The molecule has 0 aromatic heterocycles. The van der Waals surface area contributed by atoms with Crippen molar-refractivity contribution in [1.82, 2.24) is 0 Å². The van der Waals surface area contributed by atoms with E-state index in [1.807, 2.05) is 6.08 Å². The van der Waals surface area contributed by atoms with Crippen LogP contribution >= 0.6 is 0 Å². The molecule has 46 heavy (non-hydrogen) atoms. The van der Waals surface area contributed by atoms with E-state index < -0.39 is 6.10 Å². The third-order valence-corrected chi connectivity index (χ3v) is 13.9. The SMILES string of the molecule is CCCCCC(O)CCC1C(O)CC(=O)[C@@H]1CCCCCCCC(=O)OC1CCC2C3CCC4=CC(=O)CCC4(C)C3CCC12C. The van der Waals surface area contributed by atoms with Crippen LogP contribution in [0.4, 0.5) is 0 Å². The second-order valence-electron chi connectivity index (χ2n) is 16.6. The van der Waals surface area contributed by atoms with E-state index in [0.29, 0.717) is 42.8 Å². The maximum atomic E-state index is 13.0. The molecule has 5 aliphatic carbocycles. The van der Waals surface area contributed by atoms with E-state index in [2.05, 4.69) is 20.8 Å². The van der Waals surface area contributed by atoms with Gasteiger partial charge in [-0.15, -0.1) is 0 Å². The number of carbonyl (C=O) groups is 3. The highest BCUT2D eigenvalue weighted by Gasteiger charge is 2.60. The van der Waals surface area contributed by atoms with Crippen molar-refractivity contribution in [2.24, 2.45) is 40.4 Å². The number of fused-ring (bicyclic) bond motifs is 5. The van der Waals surface area contributed by atoms with Crippen molar-refractivity contribution >= 4 is 17.5 Å². The Morgan fingerprint density at radius 3 is 2.50 bits per heavy atom. The van der Waals surface area contributed by atoms with Gasteiger partial charge in [0.1, 0.15) is 11.9 Å². The molecule has 0 aromatic carbocycles. The highest BCUT2D eigenvalue weighted by molar-refractivity contribution is 5.91. The van der Waals surface area contributed by atoms with Crippen molar-refractivity contribution < 1.29 is 29.3 Å². The molecule has 6 nitrogen and oxygen atoms in total. The van der Waals surface area contributed by atoms with E-state index >= 15 is 0 Å². The topological polar surface area (TPSA) is 101 Å². The number of ether oxygens (including phenoxy) is 1. The molecule has 4 fully saturated rings. The second kappa shape index (κ2) is 15.8. The Kier molecular flexibility index (Phi) is 12.3. The first kappa shape index (κ1) is 35.8. The Labute approximate surface area is 278 Å². The monoisotopic (exact) mass is 640 g/mol. The highest BCUT2D eigenvalue weighted by atomic mass is 16.5. The molecule has 0 amide bonds. The summed E-state index contributed by atoms with van der Waals surface area (Å²) in [7, 11) is 0. The van der Waals surface area contributed by atoms with Crippen LogP contribution in [0.5, 0.6) is 0 Å². The smallest absolute Gasteiger partial charge is 0.306 e. The summed E-state index contributed by atoms with van der Waals surface area (Å²) in [5.74, 6) is 2.35. The number of allylic oxidation sites excluding steroid dienone is 1. The number of aliphatic hydroxyl groups is 2. The van der Waals surface area contributed by atoms with Crippen LogP contribution in [0.2, 0.25) is 0 Å². The number of rotatable bonds is 16. The molecule has 6 heteroatoms. The zero-order valence-electron chi connectivity index (χ0n) is 29.3. The average Bonchev–Trinajstić information content (AvgIpc) is 3.49. The summed E-state index contributed by atoms with van der Waals surface area (Å²) in [6, 6.07) is 0. The van der Waals surface area contributed by atoms with Gasteiger partial charge in [-0.1, -0.05) is 71.3 Å². The van der Waals surface area contributed by atoms with Gasteiger partial charge < -0.3 is 14.9 Å². The summed E-state index contributed by atoms with van der Waals surface area (Å²) in [6.07, 6.45) is 21.5. The quantitative estimate of drug-likeness (QED) is 0.130. The van der Waals surface area contributed by atoms with E-state index in [1.54, 1.807) is 0 Å². The fourth-order valence-corrected chi connectivity index (χ4v) is 11.0. The van der Waals surface area contributed by atoms with E-state index in [9.17, 15) is 24.6 Å². The lowest BCUT2D eigenvalue weighted by Gasteiger charge is -2.57. The lowest BCUT2D eigenvalue weighted by molar-refractivity contribution is -0.160. The van der Waals surface area contributed by atoms with Crippen molar-refractivity contribution in [1.29, 1.82) is 0 Å². The van der Waals surface area contributed by atoms with E-state index in [0.717, 1.165) is 103 Å². The van der Waals surface area contributed by atoms with Crippen LogP contribution in [0.3, 0.4) is 0 Å². The molecular weight excluding hydrogens is 576 g/mol. The lowest BCUT2D eigenvalue weighted by atomic mass is 9.47. The molecule has 4 saturated carbocycles. The van der Waals surface area contributed by atoms with E-state index in [1.165, 1.54) is 18.4 Å². The van der Waals surface area contributed by atoms with Crippen molar-refractivity contribution in [3.05, 3.63) is 11.6 Å². The van der Waals surface area contributed by atoms with Gasteiger partial charge in [-0.25, -0.2) is 0 Å². The Morgan fingerprint density at radius 1 is 0.913 bits per heavy atom. The minimum absolute atomic E-state index is 0.0105. The van der Waals surface area contributed by atoms with E-state index in [-0.39, 0.29) is 53.0 Å². The molecule has 2 N–H and O–H groups in total. The van der Waals surface area contributed by atoms with Gasteiger partial charge >= 0.3 is 5.97 Å². The molecule has 5 aliphatic rings. The maximum absolute atomic E-state index is 13.0. The fourth-order valence-electron chi connectivity index (χ4n) is 11.0. The zero-order chi connectivity index (χ0) is 32.9. The van der Waals surface area contributed by atoms with Crippen LogP contribution in [-0.2, 0) is 19.1 Å². The van der Waals surface area contributed by atoms with Gasteiger partial charge in [0.25, 0.3) is 0 Å². The summed E-state index contributed by atoms with van der Waals surface area (Å²) in [6.45, 7) is 6.98. The number of hydrogen-bond donors (Lipinski definition) is 2. The first-order valence-corrected chi connectivity index (χ1v) is 19.4. The predicted octanol–water partition coefficient (Wildman–Crippen LogP) is 8.45. The van der Waals surface area contributed by atoms with Crippen LogP contribution in [0.1, 0.15) is 162 Å². The Bertz CT molecular complexity index is 1100. The van der Waals surface area contributed by atoms with Crippen molar-refractivity contribution in [3.8, 4) is 0 Å². The second-order valence-corrected chi connectivity index (χ2v) is 16.6. The Hall–Kier alpha value is -1.53. The molecule has 0 radical (unpaired) electrons. The van der Waals surface area contributed by atoms with Gasteiger partial charge in [-0.2, -0.15) is 0 Å². The normalized spacial score (nSPS) is 37.8. The predicted molar refractivity (Wildman–Crippen MR) is 181 cm³/mol. The largest absolute Gasteiger partial charge is 0.462 e. The van der Waals surface area contributed by atoms with Gasteiger partial charge in [0.2, 0.25) is 0 Å². The van der Waals surface area contributed by atoms with Crippen molar-refractivity contribution in [2.45, 2.75) is 180 Å². The number of carbonyl (C=O) groups excluding carboxylic acids is 3. The molecule has 0 spiro atoms. The molecule has 0 saturated heterocycles. The fraction of sp³-hybridized carbons (Fsp3) is 0.875. The zero-order valence-corrected chi connectivity index (χ0v) is 29.3. The Morgan fingerprint density at radius 2 is 1.70 bits per heavy atom. The van der Waals surface area contributed by atoms with Crippen LogP contribution in [0.25, 0.3) is 0 Å². The number of Topliss-reactive ketones (excluding diaryl/α,β-unsaturated/α-hetero) is 1. The third kappa shape index (κ3) is 7.85.